The number of likely N-dealkylation sites (N-methyl/N-ethyl adjacent to an activating group) is 1. The first kappa shape index (κ1) is 14.2. The van der Waals surface area contributed by atoms with Gasteiger partial charge >= 0.3 is 0 Å². The van der Waals surface area contributed by atoms with E-state index in [9.17, 15) is 0 Å². The summed E-state index contributed by atoms with van der Waals surface area (Å²) in [7, 11) is 4.16. The fraction of sp³-hybridized carbons (Fsp3) is 0.571. The Labute approximate surface area is 105 Å². The summed E-state index contributed by atoms with van der Waals surface area (Å²) in [5, 5.41) is 3.51. The van der Waals surface area contributed by atoms with Crippen molar-refractivity contribution in [3.8, 4) is 0 Å². The van der Waals surface area contributed by atoms with Crippen molar-refractivity contribution in [3.63, 3.8) is 0 Å². The molecule has 1 rings (SSSR count). The Morgan fingerprint density at radius 2 is 2.00 bits per heavy atom. The predicted molar refractivity (Wildman–Crippen MR) is 74.3 cm³/mol. The molecule has 0 saturated carbocycles. The number of hydrogen-bond donors (Lipinski definition) is 2. The fourth-order valence-electron chi connectivity index (χ4n) is 2.00. The molecule has 3 nitrogen and oxygen atoms in total. The molecule has 0 aliphatic carbocycles. The van der Waals surface area contributed by atoms with Gasteiger partial charge in [0.05, 0.1) is 0 Å². The van der Waals surface area contributed by atoms with E-state index in [1.807, 2.05) is 0 Å². The summed E-state index contributed by atoms with van der Waals surface area (Å²) < 4.78 is 0. The first-order valence-electron chi connectivity index (χ1n) is 6.20. The molecule has 1 aromatic rings. The largest absolute Gasteiger partial charge is 0.329 e. The number of nitrogens with two attached hydrogens (primary N) is 1. The van der Waals surface area contributed by atoms with Crippen molar-refractivity contribution >= 4 is 0 Å². The van der Waals surface area contributed by atoms with Gasteiger partial charge in [-0.3, -0.25) is 0 Å². The standard InChI is InChI=1S/C14H25N3/c1-11-5-6-13(12(2)9-11)14(10-15)16-7-8-17(3)4/h5-6,9,14,16H,7-8,10,15H2,1-4H3. The van der Waals surface area contributed by atoms with Crippen molar-refractivity contribution in [3.05, 3.63) is 34.9 Å². The topological polar surface area (TPSA) is 41.3 Å². The molecule has 1 unspecified atom stereocenters. The molecule has 3 N–H and O–H groups in total. The van der Waals surface area contributed by atoms with Crippen molar-refractivity contribution in [2.75, 3.05) is 33.7 Å². The molecule has 0 aliphatic rings. The van der Waals surface area contributed by atoms with Crippen molar-refractivity contribution < 1.29 is 0 Å². The quantitative estimate of drug-likeness (QED) is 0.784. The van der Waals surface area contributed by atoms with Gasteiger partial charge in [0.25, 0.3) is 0 Å². The highest BCUT2D eigenvalue weighted by Gasteiger charge is 2.11. The first-order valence-corrected chi connectivity index (χ1v) is 6.20. The predicted octanol–water partition coefficient (Wildman–Crippen LogP) is 1.45. The summed E-state index contributed by atoms with van der Waals surface area (Å²) in [5.41, 5.74) is 9.79. The zero-order valence-electron chi connectivity index (χ0n) is 11.5. The second kappa shape index (κ2) is 6.74. The van der Waals surface area contributed by atoms with Crippen LogP contribution in [0.2, 0.25) is 0 Å². The highest BCUT2D eigenvalue weighted by atomic mass is 15.1. The maximum Gasteiger partial charge on any atom is 0.0447 e. The van der Waals surface area contributed by atoms with Crippen LogP contribution in [-0.2, 0) is 0 Å². The van der Waals surface area contributed by atoms with Gasteiger partial charge in [0.2, 0.25) is 0 Å². The van der Waals surface area contributed by atoms with E-state index in [1.54, 1.807) is 0 Å². The molecule has 0 amide bonds. The summed E-state index contributed by atoms with van der Waals surface area (Å²) in [6.07, 6.45) is 0. The molecule has 17 heavy (non-hydrogen) atoms. The Hall–Kier alpha value is -0.900. The minimum atomic E-state index is 0.260. The number of rotatable bonds is 6. The first-order chi connectivity index (χ1) is 8.04. The molecule has 0 radical (unpaired) electrons. The number of aryl methyl sites for hydroxylation is 2. The van der Waals surface area contributed by atoms with Gasteiger partial charge in [0.15, 0.2) is 0 Å². The molecular weight excluding hydrogens is 210 g/mol. The van der Waals surface area contributed by atoms with Gasteiger partial charge in [0, 0.05) is 25.7 Å². The van der Waals surface area contributed by atoms with Gasteiger partial charge < -0.3 is 16.0 Å². The van der Waals surface area contributed by atoms with E-state index >= 15 is 0 Å². The molecule has 96 valence electrons. The summed E-state index contributed by atoms with van der Waals surface area (Å²) in [4.78, 5) is 2.17. The van der Waals surface area contributed by atoms with Crippen LogP contribution in [0.4, 0.5) is 0 Å². The zero-order chi connectivity index (χ0) is 12.8. The normalized spacial score (nSPS) is 13.1. The molecular formula is C14H25N3. The molecule has 0 aliphatic heterocycles. The van der Waals surface area contributed by atoms with Crippen LogP contribution >= 0.6 is 0 Å². The van der Waals surface area contributed by atoms with Crippen LogP contribution in [-0.4, -0.2) is 38.6 Å². The van der Waals surface area contributed by atoms with Crippen LogP contribution < -0.4 is 11.1 Å². The Morgan fingerprint density at radius 3 is 2.53 bits per heavy atom. The van der Waals surface area contributed by atoms with Crippen LogP contribution in [0, 0.1) is 13.8 Å². The Bertz CT molecular complexity index is 347. The average molecular weight is 235 g/mol. The molecule has 0 fully saturated rings. The maximum atomic E-state index is 5.85. The van der Waals surface area contributed by atoms with E-state index in [0.717, 1.165) is 13.1 Å². The molecule has 0 heterocycles. The van der Waals surface area contributed by atoms with E-state index in [4.69, 9.17) is 5.73 Å². The second-order valence-electron chi connectivity index (χ2n) is 4.91. The number of hydrogen-bond acceptors (Lipinski definition) is 3. The second-order valence-corrected chi connectivity index (χ2v) is 4.91. The molecule has 0 aromatic heterocycles. The smallest absolute Gasteiger partial charge is 0.0447 e. The summed E-state index contributed by atoms with van der Waals surface area (Å²) in [6.45, 7) is 6.90. The lowest BCUT2D eigenvalue weighted by atomic mass is 9.99. The van der Waals surface area contributed by atoms with E-state index in [2.05, 4.69) is 56.4 Å². The van der Waals surface area contributed by atoms with E-state index < -0.39 is 0 Å². The summed E-state index contributed by atoms with van der Waals surface area (Å²) in [6, 6.07) is 6.81. The molecule has 0 spiro atoms. The highest BCUT2D eigenvalue weighted by Crippen LogP contribution is 2.17. The fourth-order valence-corrected chi connectivity index (χ4v) is 2.00. The highest BCUT2D eigenvalue weighted by molar-refractivity contribution is 5.33. The van der Waals surface area contributed by atoms with Gasteiger partial charge in [-0.2, -0.15) is 0 Å². The van der Waals surface area contributed by atoms with Crippen molar-refractivity contribution in [2.24, 2.45) is 5.73 Å². The zero-order valence-corrected chi connectivity index (χ0v) is 11.5. The summed E-state index contributed by atoms with van der Waals surface area (Å²) >= 11 is 0. The van der Waals surface area contributed by atoms with Crippen LogP contribution in [0.25, 0.3) is 0 Å². The van der Waals surface area contributed by atoms with Gasteiger partial charge in [0.1, 0.15) is 0 Å². The van der Waals surface area contributed by atoms with Crippen molar-refractivity contribution in [2.45, 2.75) is 19.9 Å². The molecule has 3 heteroatoms. The minimum Gasteiger partial charge on any atom is -0.329 e. The third-order valence-corrected chi connectivity index (χ3v) is 2.99. The van der Waals surface area contributed by atoms with Crippen LogP contribution in [0.15, 0.2) is 18.2 Å². The van der Waals surface area contributed by atoms with Gasteiger partial charge in [-0.1, -0.05) is 23.8 Å². The number of nitrogens with one attached hydrogen (secondary N) is 1. The SMILES string of the molecule is Cc1ccc(C(CN)NCCN(C)C)c(C)c1. The number of benzene rings is 1. The molecule has 0 bridgehead atoms. The Kier molecular flexibility index (Phi) is 5.62. The van der Waals surface area contributed by atoms with E-state index in [-0.39, 0.29) is 6.04 Å². The minimum absolute atomic E-state index is 0.260. The maximum absolute atomic E-state index is 5.85. The van der Waals surface area contributed by atoms with E-state index in [1.165, 1.54) is 16.7 Å². The lowest BCUT2D eigenvalue weighted by Gasteiger charge is -2.21. The Balaban J connectivity index is 2.66. The van der Waals surface area contributed by atoms with Gasteiger partial charge in [-0.15, -0.1) is 0 Å². The molecule has 1 aromatic carbocycles. The van der Waals surface area contributed by atoms with Crippen molar-refractivity contribution in [1.82, 2.24) is 10.2 Å². The van der Waals surface area contributed by atoms with Crippen LogP contribution in [0.1, 0.15) is 22.7 Å². The summed E-state index contributed by atoms with van der Waals surface area (Å²) in [5.74, 6) is 0. The van der Waals surface area contributed by atoms with Gasteiger partial charge in [-0.05, 0) is 39.1 Å². The Morgan fingerprint density at radius 1 is 1.29 bits per heavy atom. The average Bonchev–Trinajstić information content (AvgIpc) is 2.25. The molecule has 1 atom stereocenters. The lowest BCUT2D eigenvalue weighted by Crippen LogP contribution is -2.34. The lowest BCUT2D eigenvalue weighted by molar-refractivity contribution is 0.385. The van der Waals surface area contributed by atoms with Gasteiger partial charge in [-0.25, -0.2) is 0 Å². The third kappa shape index (κ3) is 4.46. The van der Waals surface area contributed by atoms with Crippen molar-refractivity contribution in [1.29, 1.82) is 0 Å². The third-order valence-electron chi connectivity index (χ3n) is 2.99. The van der Waals surface area contributed by atoms with Crippen LogP contribution in [0.5, 0.6) is 0 Å². The van der Waals surface area contributed by atoms with E-state index in [0.29, 0.717) is 6.54 Å². The monoisotopic (exact) mass is 235 g/mol. The number of nitrogens with zero attached hydrogens (tertiary/aromatic N) is 1. The van der Waals surface area contributed by atoms with Crippen LogP contribution in [0.3, 0.4) is 0 Å². The molecule has 0 saturated heterocycles.